The highest BCUT2D eigenvalue weighted by molar-refractivity contribution is 5.97. The number of carbonyl (C=O) groups is 1. The van der Waals surface area contributed by atoms with E-state index in [2.05, 4.69) is 20.5 Å². The maximum atomic E-state index is 13.6. The number of fused-ring (bicyclic) bond motifs is 1. The van der Waals surface area contributed by atoms with Crippen LogP contribution >= 0.6 is 0 Å². The Morgan fingerprint density at radius 2 is 1.97 bits per heavy atom. The van der Waals surface area contributed by atoms with E-state index in [4.69, 9.17) is 4.74 Å². The molecule has 0 saturated carbocycles. The molecule has 0 aliphatic rings. The van der Waals surface area contributed by atoms with E-state index in [1.54, 1.807) is 43.5 Å². The van der Waals surface area contributed by atoms with Crippen molar-refractivity contribution in [2.45, 2.75) is 6.42 Å². The van der Waals surface area contributed by atoms with Gasteiger partial charge in [-0.3, -0.25) is 4.79 Å². The van der Waals surface area contributed by atoms with E-state index in [9.17, 15) is 9.18 Å². The lowest BCUT2D eigenvalue weighted by Gasteiger charge is -2.01. The Morgan fingerprint density at radius 1 is 1.17 bits per heavy atom. The Hall–Kier alpha value is -4.00. The highest BCUT2D eigenvalue weighted by Gasteiger charge is 2.09. The number of nitrogens with zero attached hydrogens (tertiary/aromatic N) is 2. The van der Waals surface area contributed by atoms with Gasteiger partial charge >= 0.3 is 0 Å². The third kappa shape index (κ3) is 4.35. The highest BCUT2D eigenvalue weighted by Crippen LogP contribution is 2.18. The van der Waals surface area contributed by atoms with Gasteiger partial charge in [0.05, 0.1) is 24.4 Å². The third-order valence-corrected chi connectivity index (χ3v) is 4.60. The SMILES string of the molecule is COc1ccc(Cc2nc3ccc(C(=O)N/N=C\c4ccccc4F)cc3[nH]2)cc1. The molecule has 1 heterocycles. The van der Waals surface area contributed by atoms with E-state index < -0.39 is 11.7 Å². The monoisotopic (exact) mass is 402 g/mol. The number of halogens is 1. The molecular weight excluding hydrogens is 383 g/mol. The number of hydrogen-bond donors (Lipinski definition) is 2. The van der Waals surface area contributed by atoms with Crippen molar-refractivity contribution >= 4 is 23.2 Å². The fourth-order valence-corrected chi connectivity index (χ4v) is 3.03. The zero-order valence-corrected chi connectivity index (χ0v) is 16.2. The molecule has 3 aromatic carbocycles. The van der Waals surface area contributed by atoms with Crippen LogP contribution in [-0.2, 0) is 6.42 Å². The minimum atomic E-state index is -0.404. The first-order valence-corrected chi connectivity index (χ1v) is 9.32. The predicted molar refractivity (Wildman–Crippen MR) is 113 cm³/mol. The molecule has 0 saturated heterocycles. The van der Waals surface area contributed by atoms with Gasteiger partial charge in [-0.25, -0.2) is 14.8 Å². The Morgan fingerprint density at radius 3 is 2.73 bits per heavy atom. The van der Waals surface area contributed by atoms with Crippen LogP contribution in [0.3, 0.4) is 0 Å². The van der Waals surface area contributed by atoms with Gasteiger partial charge in [-0.2, -0.15) is 5.10 Å². The summed E-state index contributed by atoms with van der Waals surface area (Å²) in [5, 5.41) is 3.83. The first-order chi connectivity index (χ1) is 14.6. The Kier molecular flexibility index (Phi) is 5.52. The standard InChI is InChI=1S/C23H19FN4O2/c1-30-18-9-6-15(7-10-18)12-22-26-20-11-8-16(13-21(20)27-22)23(29)28-25-14-17-4-2-3-5-19(17)24/h2-11,13-14H,12H2,1H3,(H,26,27)(H,28,29)/b25-14-. The molecule has 150 valence electrons. The number of imidazole rings is 1. The van der Waals surface area contributed by atoms with Gasteiger partial charge in [0.1, 0.15) is 17.4 Å². The number of nitrogens with one attached hydrogen (secondary N) is 2. The van der Waals surface area contributed by atoms with Crippen LogP contribution in [0.25, 0.3) is 11.0 Å². The van der Waals surface area contributed by atoms with Crippen LogP contribution in [0.5, 0.6) is 5.75 Å². The Balaban J connectivity index is 1.46. The summed E-state index contributed by atoms with van der Waals surface area (Å²) in [6, 6.07) is 19.1. The van der Waals surface area contributed by atoms with Crippen LogP contribution in [0, 0.1) is 5.82 Å². The lowest BCUT2D eigenvalue weighted by atomic mass is 10.1. The van der Waals surface area contributed by atoms with Gasteiger partial charge in [0.15, 0.2) is 0 Å². The van der Waals surface area contributed by atoms with Crippen molar-refractivity contribution in [1.82, 2.24) is 15.4 Å². The van der Waals surface area contributed by atoms with Crippen molar-refractivity contribution in [1.29, 1.82) is 0 Å². The number of carbonyl (C=O) groups excluding carboxylic acids is 1. The van der Waals surface area contributed by atoms with Gasteiger partial charge in [0.25, 0.3) is 5.91 Å². The van der Waals surface area contributed by atoms with Gasteiger partial charge in [-0.05, 0) is 42.0 Å². The van der Waals surface area contributed by atoms with Crippen molar-refractivity contribution in [3.05, 3.63) is 95.1 Å². The van der Waals surface area contributed by atoms with Crippen LogP contribution in [-0.4, -0.2) is 29.2 Å². The predicted octanol–water partition coefficient (Wildman–Crippen LogP) is 4.07. The van der Waals surface area contributed by atoms with E-state index in [0.717, 1.165) is 28.2 Å². The number of aromatic amines is 1. The molecule has 0 fully saturated rings. The lowest BCUT2D eigenvalue weighted by Crippen LogP contribution is -2.17. The van der Waals surface area contributed by atoms with Crippen LogP contribution < -0.4 is 10.2 Å². The quantitative estimate of drug-likeness (QED) is 0.377. The van der Waals surface area contributed by atoms with Crippen molar-refractivity contribution in [2.24, 2.45) is 5.10 Å². The maximum absolute atomic E-state index is 13.6. The number of ether oxygens (including phenoxy) is 1. The molecule has 30 heavy (non-hydrogen) atoms. The fraction of sp³-hybridized carbons (Fsp3) is 0.0870. The zero-order chi connectivity index (χ0) is 20.9. The average Bonchev–Trinajstić information content (AvgIpc) is 3.17. The van der Waals surface area contributed by atoms with Crippen LogP contribution in [0.4, 0.5) is 4.39 Å². The molecule has 7 heteroatoms. The number of amides is 1. The molecule has 1 amide bonds. The molecule has 4 aromatic rings. The molecule has 1 aromatic heterocycles. The molecule has 0 radical (unpaired) electrons. The summed E-state index contributed by atoms with van der Waals surface area (Å²) in [5.41, 5.74) is 5.75. The minimum absolute atomic E-state index is 0.296. The molecular formula is C23H19FN4O2. The second-order valence-electron chi connectivity index (χ2n) is 6.66. The van der Waals surface area contributed by atoms with Gasteiger partial charge in [-0.1, -0.05) is 30.3 Å². The summed E-state index contributed by atoms with van der Waals surface area (Å²) >= 11 is 0. The van der Waals surface area contributed by atoms with Crippen LogP contribution in [0.1, 0.15) is 27.3 Å². The van der Waals surface area contributed by atoms with Crippen molar-refractivity contribution in [2.75, 3.05) is 7.11 Å². The van der Waals surface area contributed by atoms with E-state index in [1.165, 1.54) is 12.3 Å². The van der Waals surface area contributed by atoms with E-state index >= 15 is 0 Å². The first kappa shape index (κ1) is 19.3. The molecule has 2 N–H and O–H groups in total. The molecule has 0 aliphatic carbocycles. The number of methoxy groups -OCH3 is 1. The number of hydrogen-bond acceptors (Lipinski definition) is 4. The summed E-state index contributed by atoms with van der Waals surface area (Å²) in [4.78, 5) is 20.2. The zero-order valence-electron chi connectivity index (χ0n) is 16.2. The lowest BCUT2D eigenvalue weighted by molar-refractivity contribution is 0.0955. The van der Waals surface area contributed by atoms with Crippen LogP contribution in [0.15, 0.2) is 71.8 Å². The third-order valence-electron chi connectivity index (χ3n) is 4.60. The Bertz CT molecular complexity index is 1220. The largest absolute Gasteiger partial charge is 0.497 e. The van der Waals surface area contributed by atoms with Gasteiger partial charge in [0.2, 0.25) is 0 Å². The number of aromatic nitrogens is 2. The second kappa shape index (κ2) is 8.57. The van der Waals surface area contributed by atoms with Crippen molar-refractivity contribution in [3.63, 3.8) is 0 Å². The molecule has 0 unspecified atom stereocenters. The topological polar surface area (TPSA) is 79.4 Å². The van der Waals surface area contributed by atoms with Crippen LogP contribution in [0.2, 0.25) is 0 Å². The summed E-state index contributed by atoms with van der Waals surface area (Å²) in [6.45, 7) is 0. The number of benzene rings is 3. The van der Waals surface area contributed by atoms with E-state index in [1.807, 2.05) is 24.3 Å². The molecule has 0 atom stereocenters. The second-order valence-corrected chi connectivity index (χ2v) is 6.66. The van der Waals surface area contributed by atoms with Gasteiger partial charge < -0.3 is 9.72 Å². The molecule has 0 bridgehead atoms. The smallest absolute Gasteiger partial charge is 0.271 e. The number of rotatable bonds is 6. The molecule has 0 spiro atoms. The highest BCUT2D eigenvalue weighted by atomic mass is 19.1. The number of H-pyrrole nitrogens is 1. The summed E-state index contributed by atoms with van der Waals surface area (Å²) in [6.07, 6.45) is 1.90. The van der Waals surface area contributed by atoms with Crippen molar-refractivity contribution < 1.29 is 13.9 Å². The average molecular weight is 402 g/mol. The Labute approximate surface area is 172 Å². The molecule has 6 nitrogen and oxygen atoms in total. The summed E-state index contributed by atoms with van der Waals surface area (Å²) < 4.78 is 18.8. The van der Waals surface area contributed by atoms with Crippen molar-refractivity contribution in [3.8, 4) is 5.75 Å². The van der Waals surface area contributed by atoms with E-state index in [0.29, 0.717) is 17.5 Å². The maximum Gasteiger partial charge on any atom is 0.271 e. The minimum Gasteiger partial charge on any atom is -0.497 e. The van der Waals surface area contributed by atoms with Gasteiger partial charge in [-0.15, -0.1) is 0 Å². The summed E-state index contributed by atoms with van der Waals surface area (Å²) in [7, 11) is 1.63. The number of hydrazone groups is 1. The first-order valence-electron chi connectivity index (χ1n) is 9.32. The fourth-order valence-electron chi connectivity index (χ4n) is 3.03. The van der Waals surface area contributed by atoms with Gasteiger partial charge in [0, 0.05) is 17.5 Å². The summed E-state index contributed by atoms with van der Waals surface area (Å²) in [5.74, 6) is 0.802. The molecule has 0 aliphatic heterocycles. The normalized spacial score (nSPS) is 11.1. The van der Waals surface area contributed by atoms with E-state index in [-0.39, 0.29) is 0 Å². The molecule has 4 rings (SSSR count).